The van der Waals surface area contributed by atoms with E-state index in [9.17, 15) is 19.8 Å². The maximum Gasteiger partial charge on any atom is 0.325 e. The van der Waals surface area contributed by atoms with Gasteiger partial charge in [-0.2, -0.15) is 0 Å². The van der Waals surface area contributed by atoms with Crippen LogP contribution in [0, 0.1) is 0 Å². The predicted molar refractivity (Wildman–Crippen MR) is 113 cm³/mol. The highest BCUT2D eigenvalue weighted by Gasteiger charge is 2.32. The van der Waals surface area contributed by atoms with Gasteiger partial charge in [0.05, 0.1) is 0 Å². The van der Waals surface area contributed by atoms with Crippen LogP contribution in [0.1, 0.15) is 17.2 Å². The van der Waals surface area contributed by atoms with Crippen LogP contribution in [-0.2, 0) is 22.7 Å². The molecule has 1 aromatic heterocycles. The number of carbonyl (C=O) groups is 2. The third-order valence-electron chi connectivity index (χ3n) is 5.67. The first kappa shape index (κ1) is 20.1. The average Bonchev–Trinajstić information content (AvgIpc) is 3.08. The van der Waals surface area contributed by atoms with E-state index in [0.29, 0.717) is 18.7 Å². The minimum absolute atomic E-state index is 0.197. The zero-order valence-corrected chi connectivity index (χ0v) is 16.6. The lowest BCUT2D eigenvalue weighted by molar-refractivity contribution is -0.144. The van der Waals surface area contributed by atoms with E-state index in [1.165, 1.54) is 5.56 Å². The van der Waals surface area contributed by atoms with Gasteiger partial charge in [0.2, 0.25) is 0 Å². The van der Waals surface area contributed by atoms with Crippen LogP contribution in [0.5, 0.6) is 0 Å². The quantitative estimate of drug-likeness (QED) is 0.626. The van der Waals surface area contributed by atoms with Gasteiger partial charge in [0.25, 0.3) is 0 Å². The minimum atomic E-state index is -0.955. The number of piperazine rings is 1. The SMILES string of the molecule is O=C(O)Cn1cc([C@H](C(=O)O)N2CCN(Cc3ccccc3)CC2)c2ccccc21. The fourth-order valence-corrected chi connectivity index (χ4v) is 4.28. The molecule has 156 valence electrons. The van der Waals surface area contributed by atoms with Crippen molar-refractivity contribution < 1.29 is 19.8 Å². The Kier molecular flexibility index (Phi) is 5.83. The van der Waals surface area contributed by atoms with Crippen molar-refractivity contribution in [3.05, 3.63) is 71.9 Å². The number of fused-ring (bicyclic) bond motifs is 1. The lowest BCUT2D eigenvalue weighted by Crippen LogP contribution is -2.48. The number of nitrogens with zero attached hydrogens (tertiary/aromatic N) is 3. The Labute approximate surface area is 174 Å². The smallest absolute Gasteiger partial charge is 0.325 e. The van der Waals surface area contributed by atoms with Gasteiger partial charge in [-0.1, -0.05) is 48.5 Å². The molecule has 0 unspecified atom stereocenters. The molecule has 0 spiro atoms. The first-order valence-corrected chi connectivity index (χ1v) is 10.1. The lowest BCUT2D eigenvalue weighted by atomic mass is 10.0. The predicted octanol–water partition coefficient (Wildman–Crippen LogP) is 2.67. The van der Waals surface area contributed by atoms with E-state index in [2.05, 4.69) is 17.0 Å². The molecular weight excluding hydrogens is 382 g/mol. The number of carboxylic acid groups (broad SMARTS) is 2. The molecule has 1 saturated heterocycles. The summed E-state index contributed by atoms with van der Waals surface area (Å²) in [5.41, 5.74) is 2.64. The monoisotopic (exact) mass is 407 g/mol. The molecule has 0 saturated carbocycles. The molecule has 0 aliphatic carbocycles. The number of aliphatic carboxylic acids is 2. The fourth-order valence-electron chi connectivity index (χ4n) is 4.28. The van der Waals surface area contributed by atoms with E-state index in [4.69, 9.17) is 0 Å². The number of hydrogen-bond acceptors (Lipinski definition) is 4. The molecule has 7 heteroatoms. The standard InChI is InChI=1S/C23H25N3O4/c27-21(28)16-26-15-19(18-8-4-5-9-20(18)26)22(23(29)30)25-12-10-24(11-13-25)14-17-6-2-1-3-7-17/h1-9,15,22H,10-14,16H2,(H,27,28)(H,29,30)/t22-/m1/s1. The van der Waals surface area contributed by atoms with Gasteiger partial charge in [-0.3, -0.25) is 19.4 Å². The third kappa shape index (κ3) is 4.22. The molecule has 30 heavy (non-hydrogen) atoms. The molecule has 3 aromatic rings. The Bertz CT molecular complexity index is 1040. The highest BCUT2D eigenvalue weighted by Crippen LogP contribution is 2.31. The van der Waals surface area contributed by atoms with Crippen LogP contribution in [0.3, 0.4) is 0 Å². The van der Waals surface area contributed by atoms with Gasteiger partial charge in [-0.15, -0.1) is 0 Å². The second-order valence-electron chi connectivity index (χ2n) is 7.66. The van der Waals surface area contributed by atoms with Gasteiger partial charge in [0.1, 0.15) is 12.6 Å². The van der Waals surface area contributed by atoms with Crippen LogP contribution in [0.15, 0.2) is 60.8 Å². The molecule has 0 bridgehead atoms. The van der Waals surface area contributed by atoms with Crippen molar-refractivity contribution in [3.63, 3.8) is 0 Å². The molecule has 4 rings (SSSR count). The summed E-state index contributed by atoms with van der Waals surface area (Å²) in [6, 6.07) is 16.8. The number of benzene rings is 2. The molecule has 2 heterocycles. The summed E-state index contributed by atoms with van der Waals surface area (Å²) in [6.07, 6.45) is 1.69. The Hall–Kier alpha value is -3.16. The second-order valence-corrected chi connectivity index (χ2v) is 7.66. The first-order chi connectivity index (χ1) is 14.5. The lowest BCUT2D eigenvalue weighted by Gasteiger charge is -2.37. The molecular formula is C23H25N3O4. The maximum atomic E-state index is 12.3. The Morgan fingerprint density at radius 3 is 2.23 bits per heavy atom. The number of para-hydroxylation sites is 1. The van der Waals surface area contributed by atoms with Crippen LogP contribution >= 0.6 is 0 Å². The van der Waals surface area contributed by atoms with Crippen LogP contribution in [0.2, 0.25) is 0 Å². The van der Waals surface area contributed by atoms with Crippen molar-refractivity contribution in [2.75, 3.05) is 26.2 Å². The molecule has 1 atom stereocenters. The van der Waals surface area contributed by atoms with E-state index in [1.54, 1.807) is 10.8 Å². The topological polar surface area (TPSA) is 86.0 Å². The van der Waals surface area contributed by atoms with Gasteiger partial charge in [0, 0.05) is 55.4 Å². The van der Waals surface area contributed by atoms with Crippen molar-refractivity contribution >= 4 is 22.8 Å². The van der Waals surface area contributed by atoms with E-state index in [-0.39, 0.29) is 6.54 Å². The van der Waals surface area contributed by atoms with Crippen LogP contribution in [-0.4, -0.2) is 62.7 Å². The Balaban J connectivity index is 1.55. The Morgan fingerprint density at radius 2 is 1.57 bits per heavy atom. The summed E-state index contributed by atoms with van der Waals surface area (Å²) in [5, 5.41) is 20.1. The van der Waals surface area contributed by atoms with Gasteiger partial charge >= 0.3 is 11.9 Å². The molecule has 0 amide bonds. The second kappa shape index (κ2) is 8.69. The summed E-state index contributed by atoms with van der Waals surface area (Å²) >= 11 is 0. The van der Waals surface area contributed by atoms with Crippen molar-refractivity contribution in [1.29, 1.82) is 0 Å². The van der Waals surface area contributed by atoms with Crippen LogP contribution in [0.4, 0.5) is 0 Å². The highest BCUT2D eigenvalue weighted by atomic mass is 16.4. The summed E-state index contributed by atoms with van der Waals surface area (Å²) < 4.78 is 1.62. The van der Waals surface area contributed by atoms with Gasteiger partial charge in [-0.05, 0) is 11.6 Å². The largest absolute Gasteiger partial charge is 0.480 e. The number of carboxylic acids is 2. The van der Waals surface area contributed by atoms with Gasteiger partial charge < -0.3 is 14.8 Å². The number of hydrogen-bond donors (Lipinski definition) is 2. The van der Waals surface area contributed by atoms with E-state index < -0.39 is 18.0 Å². The summed E-state index contributed by atoms with van der Waals surface area (Å²) in [5.74, 6) is -1.87. The summed E-state index contributed by atoms with van der Waals surface area (Å²) in [7, 11) is 0. The fraction of sp³-hybridized carbons (Fsp3) is 0.304. The highest BCUT2D eigenvalue weighted by molar-refractivity contribution is 5.90. The van der Waals surface area contributed by atoms with Crippen LogP contribution in [0.25, 0.3) is 10.9 Å². The summed E-state index contributed by atoms with van der Waals surface area (Å²) in [4.78, 5) is 27.8. The zero-order valence-electron chi connectivity index (χ0n) is 16.6. The normalized spacial score (nSPS) is 16.5. The number of rotatable bonds is 7. The van der Waals surface area contributed by atoms with Crippen molar-refractivity contribution in [3.8, 4) is 0 Å². The van der Waals surface area contributed by atoms with E-state index in [1.807, 2.05) is 47.4 Å². The third-order valence-corrected chi connectivity index (χ3v) is 5.67. The molecule has 2 aromatic carbocycles. The van der Waals surface area contributed by atoms with Crippen molar-refractivity contribution in [2.45, 2.75) is 19.1 Å². The zero-order chi connectivity index (χ0) is 21.1. The summed E-state index contributed by atoms with van der Waals surface area (Å²) in [6.45, 7) is 3.51. The minimum Gasteiger partial charge on any atom is -0.480 e. The molecule has 7 nitrogen and oxygen atoms in total. The number of aromatic nitrogens is 1. The van der Waals surface area contributed by atoms with Crippen molar-refractivity contribution in [1.82, 2.24) is 14.4 Å². The molecule has 1 aliphatic rings. The molecule has 1 fully saturated rings. The van der Waals surface area contributed by atoms with E-state index in [0.717, 1.165) is 30.5 Å². The van der Waals surface area contributed by atoms with Crippen LogP contribution < -0.4 is 0 Å². The first-order valence-electron chi connectivity index (χ1n) is 10.1. The molecule has 0 radical (unpaired) electrons. The average molecular weight is 407 g/mol. The maximum absolute atomic E-state index is 12.3. The van der Waals surface area contributed by atoms with Crippen molar-refractivity contribution in [2.24, 2.45) is 0 Å². The Morgan fingerprint density at radius 1 is 0.900 bits per heavy atom. The van der Waals surface area contributed by atoms with E-state index >= 15 is 0 Å². The van der Waals surface area contributed by atoms with Gasteiger partial charge in [-0.25, -0.2) is 0 Å². The molecule has 2 N–H and O–H groups in total. The van der Waals surface area contributed by atoms with Gasteiger partial charge in [0.15, 0.2) is 0 Å². The molecule has 1 aliphatic heterocycles.